The minimum absolute atomic E-state index is 0.100. The Bertz CT molecular complexity index is 791. The largest absolute Gasteiger partial charge is 0.489 e. The first-order valence-electron chi connectivity index (χ1n) is 8.58. The molecule has 2 unspecified atom stereocenters. The molecular formula is C21H25NO. The molecule has 0 radical (unpaired) electrons. The molecule has 2 nitrogen and oxygen atoms in total. The van der Waals surface area contributed by atoms with Crippen LogP contribution in [0.4, 0.5) is 5.69 Å². The van der Waals surface area contributed by atoms with Gasteiger partial charge >= 0.3 is 0 Å². The summed E-state index contributed by atoms with van der Waals surface area (Å²) < 4.78 is 6.42. The lowest BCUT2D eigenvalue weighted by Crippen LogP contribution is -2.34. The average Bonchev–Trinajstić information content (AvgIpc) is 3.11. The Morgan fingerprint density at radius 2 is 1.78 bits per heavy atom. The van der Waals surface area contributed by atoms with Gasteiger partial charge in [-0.3, -0.25) is 0 Å². The zero-order valence-corrected chi connectivity index (χ0v) is 14.7. The molecule has 2 aliphatic heterocycles. The molecule has 2 heterocycles. The second-order valence-electron chi connectivity index (χ2n) is 7.31. The second-order valence-corrected chi connectivity index (χ2v) is 7.31. The molecule has 23 heavy (non-hydrogen) atoms. The molecule has 0 saturated carbocycles. The van der Waals surface area contributed by atoms with Crippen molar-refractivity contribution in [3.63, 3.8) is 0 Å². The molecule has 1 N–H and O–H groups in total. The van der Waals surface area contributed by atoms with Crippen LogP contribution in [-0.2, 0) is 11.8 Å². The Kier molecular flexibility index (Phi) is 3.03. The second kappa shape index (κ2) is 4.77. The van der Waals surface area contributed by atoms with Crippen molar-refractivity contribution in [3.8, 4) is 5.75 Å². The molecular weight excluding hydrogens is 282 g/mol. The first-order valence-corrected chi connectivity index (χ1v) is 8.58. The van der Waals surface area contributed by atoms with Gasteiger partial charge < -0.3 is 10.1 Å². The third kappa shape index (κ3) is 1.81. The lowest BCUT2D eigenvalue weighted by atomic mass is 9.71. The van der Waals surface area contributed by atoms with E-state index in [4.69, 9.17) is 4.74 Å². The minimum atomic E-state index is -0.100. The highest BCUT2D eigenvalue weighted by Crippen LogP contribution is 2.53. The molecule has 0 amide bonds. The smallest absolute Gasteiger partial charge is 0.127 e. The van der Waals surface area contributed by atoms with Crippen LogP contribution in [0.2, 0.25) is 0 Å². The van der Waals surface area contributed by atoms with Gasteiger partial charge in [0.25, 0.3) is 0 Å². The van der Waals surface area contributed by atoms with E-state index in [1.54, 1.807) is 0 Å². The van der Waals surface area contributed by atoms with Crippen LogP contribution in [0.5, 0.6) is 5.75 Å². The van der Waals surface area contributed by atoms with Crippen LogP contribution in [0.3, 0.4) is 0 Å². The van der Waals surface area contributed by atoms with Gasteiger partial charge in [-0.2, -0.15) is 0 Å². The number of hydrogen-bond acceptors (Lipinski definition) is 2. The molecule has 0 fully saturated rings. The van der Waals surface area contributed by atoms with Crippen molar-refractivity contribution >= 4 is 5.69 Å². The lowest BCUT2D eigenvalue weighted by Gasteiger charge is -2.30. The molecule has 2 aromatic carbocycles. The SMILES string of the molecule is Cc1ccc(C2(C)c3c(C)c4c(c(C)c3OC2C)CCN4)cc1. The summed E-state index contributed by atoms with van der Waals surface area (Å²) in [7, 11) is 0. The van der Waals surface area contributed by atoms with Crippen molar-refractivity contribution in [2.24, 2.45) is 0 Å². The Balaban J connectivity index is 2.00. The summed E-state index contributed by atoms with van der Waals surface area (Å²) in [6.07, 6.45) is 1.24. The number of fused-ring (bicyclic) bond motifs is 2. The Morgan fingerprint density at radius 3 is 2.48 bits per heavy atom. The summed E-state index contributed by atoms with van der Waals surface area (Å²) in [4.78, 5) is 0. The van der Waals surface area contributed by atoms with Crippen molar-refractivity contribution in [3.05, 3.63) is 57.6 Å². The highest BCUT2D eigenvalue weighted by atomic mass is 16.5. The molecule has 2 aliphatic rings. The maximum Gasteiger partial charge on any atom is 0.127 e. The van der Waals surface area contributed by atoms with Crippen molar-refractivity contribution in [2.75, 3.05) is 11.9 Å². The maximum absolute atomic E-state index is 6.42. The quantitative estimate of drug-likeness (QED) is 0.827. The van der Waals surface area contributed by atoms with Crippen molar-refractivity contribution in [2.45, 2.75) is 52.6 Å². The molecule has 4 rings (SSSR count). The number of hydrogen-bond donors (Lipinski definition) is 1. The molecule has 0 saturated heterocycles. The van der Waals surface area contributed by atoms with Gasteiger partial charge in [0.05, 0.1) is 5.41 Å². The molecule has 2 aromatic rings. The number of anilines is 1. The summed E-state index contributed by atoms with van der Waals surface area (Å²) in [5, 5.41) is 3.60. The summed E-state index contributed by atoms with van der Waals surface area (Å²) in [5.41, 5.74) is 9.40. The topological polar surface area (TPSA) is 21.3 Å². The monoisotopic (exact) mass is 307 g/mol. The van der Waals surface area contributed by atoms with E-state index in [1.165, 1.54) is 39.1 Å². The van der Waals surface area contributed by atoms with Crippen molar-refractivity contribution in [1.82, 2.24) is 0 Å². The van der Waals surface area contributed by atoms with Gasteiger partial charge in [0.15, 0.2) is 0 Å². The highest BCUT2D eigenvalue weighted by molar-refractivity contribution is 5.74. The van der Waals surface area contributed by atoms with Gasteiger partial charge in [0.2, 0.25) is 0 Å². The molecule has 0 spiro atoms. The van der Waals surface area contributed by atoms with E-state index in [1.807, 2.05) is 0 Å². The van der Waals surface area contributed by atoms with E-state index in [9.17, 15) is 0 Å². The zero-order valence-electron chi connectivity index (χ0n) is 14.7. The summed E-state index contributed by atoms with van der Waals surface area (Å²) in [6.45, 7) is 12.2. The summed E-state index contributed by atoms with van der Waals surface area (Å²) in [6, 6.07) is 8.94. The summed E-state index contributed by atoms with van der Waals surface area (Å²) in [5.74, 6) is 1.13. The van der Waals surface area contributed by atoms with Crippen LogP contribution < -0.4 is 10.1 Å². The average molecular weight is 307 g/mol. The van der Waals surface area contributed by atoms with E-state index < -0.39 is 0 Å². The van der Waals surface area contributed by atoms with Gasteiger partial charge in [-0.1, -0.05) is 29.8 Å². The Labute approximate surface area is 138 Å². The Morgan fingerprint density at radius 1 is 1.09 bits per heavy atom. The van der Waals surface area contributed by atoms with Crippen molar-refractivity contribution < 1.29 is 4.74 Å². The first-order chi connectivity index (χ1) is 10.9. The fraction of sp³-hybridized carbons (Fsp3) is 0.429. The maximum atomic E-state index is 6.42. The number of ether oxygens (including phenoxy) is 1. The molecule has 2 heteroatoms. The van der Waals surface area contributed by atoms with Gasteiger partial charge in [-0.05, 0) is 63.3 Å². The van der Waals surface area contributed by atoms with Crippen LogP contribution in [0.1, 0.15) is 47.2 Å². The predicted molar refractivity (Wildman–Crippen MR) is 95.8 cm³/mol. The van der Waals surface area contributed by atoms with Crippen molar-refractivity contribution in [1.29, 1.82) is 0 Å². The molecule has 120 valence electrons. The van der Waals surface area contributed by atoms with Gasteiger partial charge in [0, 0.05) is 17.8 Å². The molecule has 2 atom stereocenters. The van der Waals surface area contributed by atoms with Gasteiger partial charge in [-0.15, -0.1) is 0 Å². The lowest BCUT2D eigenvalue weighted by molar-refractivity contribution is 0.195. The first kappa shape index (κ1) is 14.6. The van der Waals surface area contributed by atoms with Gasteiger partial charge in [0.1, 0.15) is 11.9 Å². The molecule has 0 aromatic heterocycles. The van der Waals surface area contributed by atoms with E-state index in [0.29, 0.717) is 0 Å². The van der Waals surface area contributed by atoms with Crippen LogP contribution >= 0.6 is 0 Å². The summed E-state index contributed by atoms with van der Waals surface area (Å²) >= 11 is 0. The zero-order chi connectivity index (χ0) is 16.4. The Hall–Kier alpha value is -1.96. The number of benzene rings is 2. The highest BCUT2D eigenvalue weighted by Gasteiger charge is 2.47. The van der Waals surface area contributed by atoms with Gasteiger partial charge in [-0.25, -0.2) is 0 Å². The standard InChI is InChI=1S/C21H25NO/c1-12-6-8-16(9-7-12)21(5)15(4)23-20-13(2)17-10-11-22-19(17)14(3)18(20)21/h6-9,15,22H,10-11H2,1-5H3. The van der Waals surface area contributed by atoms with Crippen LogP contribution in [0, 0.1) is 20.8 Å². The van der Waals surface area contributed by atoms with Crippen LogP contribution in [0.25, 0.3) is 0 Å². The fourth-order valence-corrected chi connectivity index (χ4v) is 4.45. The minimum Gasteiger partial charge on any atom is -0.489 e. The number of aryl methyl sites for hydroxylation is 1. The van der Waals surface area contributed by atoms with E-state index in [0.717, 1.165) is 18.7 Å². The third-order valence-corrected chi connectivity index (χ3v) is 6.03. The van der Waals surface area contributed by atoms with E-state index >= 15 is 0 Å². The fourth-order valence-electron chi connectivity index (χ4n) is 4.45. The number of rotatable bonds is 1. The number of nitrogens with one attached hydrogen (secondary N) is 1. The third-order valence-electron chi connectivity index (χ3n) is 6.03. The predicted octanol–water partition coefficient (Wildman–Crippen LogP) is 4.67. The molecule has 0 aliphatic carbocycles. The van der Waals surface area contributed by atoms with Crippen LogP contribution in [-0.4, -0.2) is 12.6 Å². The normalized spacial score (nSPS) is 24.8. The molecule has 0 bridgehead atoms. The van der Waals surface area contributed by atoms with Crippen LogP contribution in [0.15, 0.2) is 24.3 Å². The van der Waals surface area contributed by atoms with E-state index in [2.05, 4.69) is 64.2 Å². The van der Waals surface area contributed by atoms with E-state index in [-0.39, 0.29) is 11.5 Å².